The third-order valence-electron chi connectivity index (χ3n) is 4.53. The van der Waals surface area contributed by atoms with Crippen molar-refractivity contribution in [3.8, 4) is 11.4 Å². The minimum atomic E-state index is -0.978. The molecule has 6 nitrogen and oxygen atoms in total. The van der Waals surface area contributed by atoms with E-state index in [1.54, 1.807) is 23.9 Å². The fourth-order valence-corrected chi connectivity index (χ4v) is 4.32. The number of methoxy groups -OCH3 is 1. The van der Waals surface area contributed by atoms with Crippen LogP contribution in [0.3, 0.4) is 0 Å². The van der Waals surface area contributed by atoms with Crippen LogP contribution in [0, 0.1) is 6.92 Å². The number of nitrogens with zero attached hydrogens (tertiary/aromatic N) is 2. The van der Waals surface area contributed by atoms with Crippen LogP contribution in [-0.2, 0) is 22.3 Å². The van der Waals surface area contributed by atoms with E-state index in [0.29, 0.717) is 22.9 Å². The Hall–Kier alpha value is -2.93. The highest BCUT2D eigenvalue weighted by Gasteiger charge is 2.28. The Morgan fingerprint density at radius 2 is 1.81 bits per heavy atom. The number of carbonyl (C=O) groups is 1. The second-order valence-corrected chi connectivity index (χ2v) is 7.89. The Kier molecular flexibility index (Phi) is 4.53. The quantitative estimate of drug-likeness (QED) is 0.753. The van der Waals surface area contributed by atoms with Gasteiger partial charge in [0.15, 0.2) is 0 Å². The maximum absolute atomic E-state index is 12.7. The predicted octanol–water partition coefficient (Wildman–Crippen LogP) is 3.20. The normalized spacial score (nSPS) is 15.4. The molecule has 4 rings (SSSR count). The maximum atomic E-state index is 12.7. The topological polar surface area (TPSA) is 73.2 Å². The number of aryl methyl sites for hydroxylation is 1. The lowest BCUT2D eigenvalue weighted by atomic mass is 10.1. The van der Waals surface area contributed by atoms with Crippen molar-refractivity contribution in [1.82, 2.24) is 9.78 Å². The summed E-state index contributed by atoms with van der Waals surface area (Å²) >= 11 is 0. The second kappa shape index (κ2) is 7.00. The van der Waals surface area contributed by atoms with Gasteiger partial charge in [-0.25, -0.2) is 4.68 Å². The molecule has 3 aromatic rings. The average molecular weight is 381 g/mol. The van der Waals surface area contributed by atoms with Crippen LogP contribution in [0.5, 0.6) is 5.75 Å². The summed E-state index contributed by atoms with van der Waals surface area (Å²) in [6.07, 6.45) is 0. The highest BCUT2D eigenvalue weighted by Crippen LogP contribution is 2.32. The van der Waals surface area contributed by atoms with Crippen molar-refractivity contribution in [2.75, 3.05) is 12.4 Å². The van der Waals surface area contributed by atoms with Crippen molar-refractivity contribution in [1.29, 1.82) is 0 Å². The minimum absolute atomic E-state index is 0.217. The van der Waals surface area contributed by atoms with Crippen molar-refractivity contribution in [2.45, 2.75) is 18.4 Å². The standard InChI is InChI=1S/C20H19N3O3S/c1-13-3-5-14(6-4-13)20(24)21-19-17-11-27(25)12-18(17)22-23(19)15-7-9-16(26-2)10-8-15/h3-10H,11-12H2,1-2H3,(H,21,24). The molecule has 0 aliphatic carbocycles. The van der Waals surface area contributed by atoms with Crippen LogP contribution < -0.4 is 10.1 Å². The molecule has 2 heterocycles. The molecule has 1 aliphatic rings. The molecular formula is C20H19N3O3S. The summed E-state index contributed by atoms with van der Waals surface area (Å²) in [6, 6.07) is 14.8. The molecule has 1 unspecified atom stereocenters. The van der Waals surface area contributed by atoms with E-state index in [-0.39, 0.29) is 5.91 Å². The van der Waals surface area contributed by atoms with Crippen molar-refractivity contribution in [3.63, 3.8) is 0 Å². The van der Waals surface area contributed by atoms with Gasteiger partial charge in [-0.15, -0.1) is 0 Å². The second-order valence-electron chi connectivity index (χ2n) is 6.43. The monoisotopic (exact) mass is 381 g/mol. The van der Waals surface area contributed by atoms with Crippen LogP contribution in [0.25, 0.3) is 5.69 Å². The zero-order valence-electron chi connectivity index (χ0n) is 15.1. The van der Waals surface area contributed by atoms with Gasteiger partial charge in [-0.05, 0) is 43.3 Å². The van der Waals surface area contributed by atoms with Gasteiger partial charge in [0.2, 0.25) is 0 Å². The number of nitrogens with one attached hydrogen (secondary N) is 1. The van der Waals surface area contributed by atoms with Gasteiger partial charge in [0.1, 0.15) is 11.6 Å². The molecule has 1 aliphatic heterocycles. The third kappa shape index (κ3) is 3.38. The number of anilines is 1. The lowest BCUT2D eigenvalue weighted by molar-refractivity contribution is 0.102. The van der Waals surface area contributed by atoms with Crippen LogP contribution >= 0.6 is 0 Å². The summed E-state index contributed by atoms with van der Waals surface area (Å²) in [7, 11) is 0.633. The summed E-state index contributed by atoms with van der Waals surface area (Å²) in [5, 5.41) is 7.57. The molecule has 0 fully saturated rings. The first kappa shape index (κ1) is 17.5. The van der Waals surface area contributed by atoms with Crippen molar-refractivity contribution >= 4 is 22.5 Å². The van der Waals surface area contributed by atoms with Gasteiger partial charge in [0.05, 0.1) is 30.0 Å². The van der Waals surface area contributed by atoms with Crippen molar-refractivity contribution in [3.05, 3.63) is 70.9 Å². The fraction of sp³-hybridized carbons (Fsp3) is 0.200. The molecule has 0 spiro atoms. The summed E-state index contributed by atoms with van der Waals surface area (Å²) < 4.78 is 18.9. The molecule has 0 bridgehead atoms. The molecule has 27 heavy (non-hydrogen) atoms. The number of ether oxygens (including phenoxy) is 1. The Labute approximate surface area is 159 Å². The van der Waals surface area contributed by atoms with Crippen LogP contribution in [0.15, 0.2) is 48.5 Å². The zero-order chi connectivity index (χ0) is 19.0. The van der Waals surface area contributed by atoms with Crippen LogP contribution in [-0.4, -0.2) is 27.0 Å². The van der Waals surface area contributed by atoms with Crippen LogP contribution in [0.1, 0.15) is 27.2 Å². The van der Waals surface area contributed by atoms with E-state index in [1.165, 1.54) is 0 Å². The molecular weight excluding hydrogens is 362 g/mol. The highest BCUT2D eigenvalue weighted by atomic mass is 32.2. The Morgan fingerprint density at radius 3 is 2.48 bits per heavy atom. The van der Waals surface area contributed by atoms with E-state index >= 15 is 0 Å². The molecule has 0 saturated heterocycles. The number of rotatable bonds is 4. The molecule has 1 N–H and O–H groups in total. The van der Waals surface area contributed by atoms with E-state index < -0.39 is 10.8 Å². The number of carbonyl (C=O) groups excluding carboxylic acids is 1. The van der Waals surface area contributed by atoms with Gasteiger partial charge in [-0.2, -0.15) is 5.10 Å². The minimum Gasteiger partial charge on any atom is -0.497 e. The van der Waals surface area contributed by atoms with Crippen molar-refractivity contribution in [2.24, 2.45) is 0 Å². The molecule has 1 amide bonds. The molecule has 7 heteroatoms. The van der Waals surface area contributed by atoms with Gasteiger partial charge in [-0.3, -0.25) is 9.00 Å². The molecule has 1 atom stereocenters. The number of aromatic nitrogens is 2. The first-order valence-corrected chi connectivity index (χ1v) is 10.0. The SMILES string of the molecule is COc1ccc(-n2nc3c(c2NC(=O)c2ccc(C)cc2)CS(=O)C3)cc1. The van der Waals surface area contributed by atoms with Gasteiger partial charge in [0.25, 0.3) is 5.91 Å². The molecule has 0 radical (unpaired) electrons. The van der Waals surface area contributed by atoms with E-state index in [9.17, 15) is 9.00 Å². The van der Waals surface area contributed by atoms with Crippen molar-refractivity contribution < 1.29 is 13.7 Å². The van der Waals surface area contributed by atoms with Crippen LogP contribution in [0.4, 0.5) is 5.82 Å². The number of hydrogen-bond donors (Lipinski definition) is 1. The van der Waals surface area contributed by atoms with E-state index in [2.05, 4.69) is 10.4 Å². The fourth-order valence-electron chi connectivity index (χ4n) is 3.05. The maximum Gasteiger partial charge on any atom is 0.256 e. The predicted molar refractivity (Wildman–Crippen MR) is 105 cm³/mol. The number of benzene rings is 2. The molecule has 1 aromatic heterocycles. The number of fused-ring (bicyclic) bond motifs is 1. The Bertz CT molecular complexity index is 1020. The lowest BCUT2D eigenvalue weighted by Gasteiger charge is -2.12. The Balaban J connectivity index is 1.72. The third-order valence-corrected chi connectivity index (χ3v) is 5.74. The van der Waals surface area contributed by atoms with Gasteiger partial charge in [0, 0.05) is 21.9 Å². The molecule has 138 valence electrons. The summed E-state index contributed by atoms with van der Waals surface area (Å²) in [5.41, 5.74) is 4.06. The van der Waals surface area contributed by atoms with E-state index in [1.807, 2.05) is 43.3 Å². The highest BCUT2D eigenvalue weighted by molar-refractivity contribution is 7.83. The molecule has 0 saturated carbocycles. The first-order chi connectivity index (χ1) is 13.0. The summed E-state index contributed by atoms with van der Waals surface area (Å²) in [4.78, 5) is 12.7. The largest absolute Gasteiger partial charge is 0.497 e. The van der Waals surface area contributed by atoms with E-state index in [0.717, 1.165) is 28.3 Å². The summed E-state index contributed by atoms with van der Waals surface area (Å²) in [6.45, 7) is 1.97. The van der Waals surface area contributed by atoms with Gasteiger partial charge in [-0.1, -0.05) is 17.7 Å². The smallest absolute Gasteiger partial charge is 0.256 e. The Morgan fingerprint density at radius 1 is 1.11 bits per heavy atom. The van der Waals surface area contributed by atoms with Gasteiger partial charge < -0.3 is 10.1 Å². The zero-order valence-corrected chi connectivity index (χ0v) is 15.9. The molecule has 2 aromatic carbocycles. The number of amides is 1. The lowest BCUT2D eigenvalue weighted by Crippen LogP contribution is -2.16. The summed E-state index contributed by atoms with van der Waals surface area (Å²) in [5.74, 6) is 1.91. The first-order valence-electron chi connectivity index (χ1n) is 8.53. The van der Waals surface area contributed by atoms with E-state index in [4.69, 9.17) is 4.74 Å². The number of hydrogen-bond acceptors (Lipinski definition) is 4. The van der Waals surface area contributed by atoms with Gasteiger partial charge >= 0.3 is 0 Å². The van der Waals surface area contributed by atoms with Crippen LogP contribution in [0.2, 0.25) is 0 Å². The average Bonchev–Trinajstić information content (AvgIpc) is 3.19.